The summed E-state index contributed by atoms with van der Waals surface area (Å²) < 4.78 is 0. The number of nitrogens with one attached hydrogen (secondary N) is 2. The summed E-state index contributed by atoms with van der Waals surface area (Å²) in [5, 5.41) is 6.25. The normalized spacial score (nSPS) is 18.2. The Balaban J connectivity index is 2.00. The third-order valence-electron chi connectivity index (χ3n) is 3.49. The Hall–Kier alpha value is -0.570. The summed E-state index contributed by atoms with van der Waals surface area (Å²) >= 11 is 0. The number of rotatable bonds is 7. The minimum Gasteiger partial charge on any atom is -0.355 e. The molecule has 0 saturated heterocycles. The smallest absolute Gasteiger partial charge is 0.233 e. The highest BCUT2D eigenvalue weighted by Crippen LogP contribution is 2.29. The Morgan fingerprint density at radius 3 is 2.50 bits per heavy atom. The fourth-order valence-electron chi connectivity index (χ4n) is 1.92. The fraction of sp³-hybridized carbons (Fsp3) is 0.923. The first-order valence-corrected chi connectivity index (χ1v) is 6.59. The van der Waals surface area contributed by atoms with Crippen molar-refractivity contribution < 1.29 is 4.79 Å². The highest BCUT2D eigenvalue weighted by atomic mass is 16.1. The summed E-state index contributed by atoms with van der Waals surface area (Å²) in [6.07, 6.45) is 5.06. The number of carbonyl (C=O) groups excluding carboxylic acids is 1. The Morgan fingerprint density at radius 2 is 2.00 bits per heavy atom. The molecule has 1 amide bonds. The van der Waals surface area contributed by atoms with Crippen molar-refractivity contribution in [2.45, 2.75) is 52.5 Å². The first-order chi connectivity index (χ1) is 7.59. The van der Waals surface area contributed by atoms with E-state index in [1.54, 1.807) is 0 Å². The third kappa shape index (κ3) is 4.97. The van der Waals surface area contributed by atoms with Crippen LogP contribution in [-0.2, 0) is 4.79 Å². The first kappa shape index (κ1) is 13.5. The van der Waals surface area contributed by atoms with E-state index in [0.29, 0.717) is 18.5 Å². The van der Waals surface area contributed by atoms with Crippen LogP contribution in [0.25, 0.3) is 0 Å². The van der Waals surface area contributed by atoms with Crippen molar-refractivity contribution in [2.24, 2.45) is 11.8 Å². The number of hydrogen-bond donors (Lipinski definition) is 2. The van der Waals surface area contributed by atoms with Crippen LogP contribution in [0.1, 0.15) is 46.5 Å². The lowest BCUT2D eigenvalue weighted by Crippen LogP contribution is -2.43. The Morgan fingerprint density at radius 1 is 1.31 bits per heavy atom. The molecule has 0 aliphatic heterocycles. The second-order valence-corrected chi connectivity index (χ2v) is 5.39. The minimum absolute atomic E-state index is 0.131. The predicted octanol–water partition coefficient (Wildman–Crippen LogP) is 1.93. The number of amides is 1. The fourth-order valence-corrected chi connectivity index (χ4v) is 1.92. The zero-order valence-electron chi connectivity index (χ0n) is 10.9. The molecule has 1 fully saturated rings. The second-order valence-electron chi connectivity index (χ2n) is 5.39. The average molecular weight is 226 g/mol. The maximum Gasteiger partial charge on any atom is 0.233 e. The van der Waals surface area contributed by atoms with Crippen molar-refractivity contribution in [3.63, 3.8) is 0 Å². The summed E-state index contributed by atoms with van der Waals surface area (Å²) in [5.41, 5.74) is 0. The van der Waals surface area contributed by atoms with Crippen molar-refractivity contribution in [2.75, 3.05) is 13.1 Å². The quantitative estimate of drug-likeness (QED) is 0.696. The van der Waals surface area contributed by atoms with Crippen LogP contribution in [0.2, 0.25) is 0 Å². The molecule has 3 heteroatoms. The monoisotopic (exact) mass is 226 g/mol. The Labute approximate surface area is 99.4 Å². The molecule has 0 heterocycles. The second kappa shape index (κ2) is 6.89. The molecule has 1 atom stereocenters. The van der Waals surface area contributed by atoms with Gasteiger partial charge in [-0.1, -0.05) is 20.3 Å². The van der Waals surface area contributed by atoms with E-state index in [2.05, 4.69) is 31.4 Å². The van der Waals surface area contributed by atoms with Crippen molar-refractivity contribution in [3.05, 3.63) is 0 Å². The molecular weight excluding hydrogens is 200 g/mol. The molecule has 2 N–H and O–H groups in total. The summed E-state index contributed by atoms with van der Waals surface area (Å²) in [6.45, 7) is 7.79. The van der Waals surface area contributed by atoms with Gasteiger partial charge in [0, 0.05) is 12.6 Å². The van der Waals surface area contributed by atoms with Crippen molar-refractivity contribution in [1.82, 2.24) is 10.6 Å². The van der Waals surface area contributed by atoms with E-state index in [4.69, 9.17) is 0 Å². The van der Waals surface area contributed by atoms with Gasteiger partial charge in [-0.05, 0) is 38.0 Å². The van der Waals surface area contributed by atoms with Gasteiger partial charge in [-0.3, -0.25) is 4.79 Å². The van der Waals surface area contributed by atoms with Gasteiger partial charge >= 0.3 is 0 Å². The van der Waals surface area contributed by atoms with Gasteiger partial charge in [0.2, 0.25) is 5.91 Å². The zero-order valence-corrected chi connectivity index (χ0v) is 10.9. The molecule has 0 spiro atoms. The third-order valence-corrected chi connectivity index (χ3v) is 3.49. The van der Waals surface area contributed by atoms with Crippen LogP contribution in [0.15, 0.2) is 0 Å². The first-order valence-electron chi connectivity index (χ1n) is 6.59. The molecule has 0 aromatic heterocycles. The maximum absolute atomic E-state index is 11.5. The molecule has 3 nitrogen and oxygen atoms in total. The van der Waals surface area contributed by atoms with E-state index in [0.717, 1.165) is 18.9 Å². The summed E-state index contributed by atoms with van der Waals surface area (Å²) in [4.78, 5) is 11.5. The molecule has 0 radical (unpaired) electrons. The average Bonchev–Trinajstić information content (AvgIpc) is 2.11. The maximum atomic E-state index is 11.5. The van der Waals surface area contributed by atoms with Gasteiger partial charge in [0.1, 0.15) is 0 Å². The predicted molar refractivity (Wildman–Crippen MR) is 67.3 cm³/mol. The summed E-state index contributed by atoms with van der Waals surface area (Å²) in [7, 11) is 0. The topological polar surface area (TPSA) is 41.1 Å². The molecule has 1 rings (SSSR count). The molecule has 1 unspecified atom stereocenters. The summed E-state index contributed by atoms with van der Waals surface area (Å²) in [6, 6.07) is 0.490. The SMILES string of the molecule is CC(C)CCNC(=O)CNC(C)C1CCC1. The molecular formula is C13H26N2O. The van der Waals surface area contributed by atoms with Gasteiger partial charge in [-0.25, -0.2) is 0 Å². The van der Waals surface area contributed by atoms with Gasteiger partial charge in [0.15, 0.2) is 0 Å². The van der Waals surface area contributed by atoms with Crippen LogP contribution in [0.3, 0.4) is 0 Å². The van der Waals surface area contributed by atoms with Gasteiger partial charge in [0.05, 0.1) is 6.54 Å². The lowest BCUT2D eigenvalue weighted by molar-refractivity contribution is -0.120. The Bertz CT molecular complexity index is 212. The van der Waals surface area contributed by atoms with Gasteiger partial charge in [-0.15, -0.1) is 0 Å². The molecule has 0 aromatic carbocycles. The van der Waals surface area contributed by atoms with Crippen molar-refractivity contribution in [3.8, 4) is 0 Å². The van der Waals surface area contributed by atoms with E-state index < -0.39 is 0 Å². The molecule has 1 aliphatic rings. The molecule has 16 heavy (non-hydrogen) atoms. The van der Waals surface area contributed by atoms with Crippen LogP contribution in [0, 0.1) is 11.8 Å². The minimum atomic E-state index is 0.131. The molecule has 1 saturated carbocycles. The van der Waals surface area contributed by atoms with Crippen molar-refractivity contribution >= 4 is 5.91 Å². The lowest BCUT2D eigenvalue weighted by atomic mass is 9.80. The largest absolute Gasteiger partial charge is 0.355 e. The van der Waals surface area contributed by atoms with E-state index in [9.17, 15) is 4.79 Å². The Kier molecular flexibility index (Phi) is 5.81. The van der Waals surface area contributed by atoms with Crippen LogP contribution in [0.4, 0.5) is 0 Å². The zero-order chi connectivity index (χ0) is 12.0. The van der Waals surface area contributed by atoms with Gasteiger partial charge < -0.3 is 10.6 Å². The van der Waals surface area contributed by atoms with Crippen LogP contribution >= 0.6 is 0 Å². The van der Waals surface area contributed by atoms with Crippen LogP contribution < -0.4 is 10.6 Å². The molecule has 1 aliphatic carbocycles. The summed E-state index contributed by atoms with van der Waals surface area (Å²) in [5.74, 6) is 1.58. The lowest BCUT2D eigenvalue weighted by Gasteiger charge is -2.31. The van der Waals surface area contributed by atoms with E-state index in [-0.39, 0.29) is 5.91 Å². The highest BCUT2D eigenvalue weighted by Gasteiger charge is 2.23. The van der Waals surface area contributed by atoms with Gasteiger partial charge in [-0.2, -0.15) is 0 Å². The van der Waals surface area contributed by atoms with E-state index >= 15 is 0 Å². The highest BCUT2D eigenvalue weighted by molar-refractivity contribution is 5.77. The number of carbonyl (C=O) groups is 1. The molecule has 0 aromatic rings. The van der Waals surface area contributed by atoms with Crippen LogP contribution in [-0.4, -0.2) is 25.0 Å². The van der Waals surface area contributed by atoms with Gasteiger partial charge in [0.25, 0.3) is 0 Å². The van der Waals surface area contributed by atoms with Crippen molar-refractivity contribution in [1.29, 1.82) is 0 Å². The number of hydrogen-bond acceptors (Lipinski definition) is 2. The molecule has 94 valence electrons. The van der Waals surface area contributed by atoms with Crippen LogP contribution in [0.5, 0.6) is 0 Å². The van der Waals surface area contributed by atoms with E-state index in [1.165, 1.54) is 19.3 Å². The molecule has 0 bridgehead atoms. The standard InChI is InChI=1S/C13H26N2O/c1-10(2)7-8-14-13(16)9-15-11(3)12-5-4-6-12/h10-12,15H,4-9H2,1-3H3,(H,14,16). The van der Waals surface area contributed by atoms with E-state index in [1.807, 2.05) is 0 Å².